The number of phenolic OH excluding ortho intramolecular Hbond substituents is 1. The Morgan fingerprint density at radius 2 is 1.70 bits per heavy atom. The molecule has 0 aliphatic carbocycles. The Bertz CT molecular complexity index is 1500. The fourth-order valence-corrected chi connectivity index (χ4v) is 5.64. The molecule has 0 saturated carbocycles. The smallest absolute Gasteiger partial charge is 0.237 e. The minimum absolute atomic E-state index is 0.0988. The molecule has 204 valence electrons. The average molecular weight is 533 g/mol. The van der Waals surface area contributed by atoms with Crippen molar-refractivity contribution in [2.75, 3.05) is 11.9 Å². The lowest BCUT2D eigenvalue weighted by molar-refractivity contribution is -0.123. The Kier molecular flexibility index (Phi) is 8.27. The van der Waals surface area contributed by atoms with Gasteiger partial charge in [0.15, 0.2) is 0 Å². The Morgan fingerprint density at radius 1 is 1.02 bits per heavy atom. The molecule has 1 aliphatic rings. The number of hydrogen-bond donors (Lipinski definition) is 5. The fraction of sp³-hybridized carbons (Fsp3) is 0.235. The number of aryl methyl sites for hydroxylation is 1. The monoisotopic (exact) mass is 532 g/mol. The number of rotatable bonds is 9. The molecule has 6 nitrogen and oxygen atoms in total. The van der Waals surface area contributed by atoms with Crippen LogP contribution in [0.3, 0.4) is 0 Å². The summed E-state index contributed by atoms with van der Waals surface area (Å²) in [6.07, 6.45) is 3.84. The van der Waals surface area contributed by atoms with Crippen molar-refractivity contribution in [1.29, 1.82) is 5.41 Å². The highest BCUT2D eigenvalue weighted by atomic mass is 16.3. The second kappa shape index (κ2) is 12.2. The first-order valence-electron chi connectivity index (χ1n) is 13.8. The van der Waals surface area contributed by atoms with Crippen molar-refractivity contribution in [1.82, 2.24) is 5.32 Å². The topological polar surface area (TPSA) is 111 Å². The normalized spacial score (nSPS) is 15.0. The van der Waals surface area contributed by atoms with E-state index in [9.17, 15) is 9.90 Å². The van der Waals surface area contributed by atoms with Crippen LogP contribution in [0.5, 0.6) is 5.75 Å². The highest BCUT2D eigenvalue weighted by Crippen LogP contribution is 2.36. The molecule has 6 heteroatoms. The van der Waals surface area contributed by atoms with E-state index in [0.29, 0.717) is 5.56 Å². The largest absolute Gasteiger partial charge is 0.508 e. The van der Waals surface area contributed by atoms with Gasteiger partial charge >= 0.3 is 0 Å². The van der Waals surface area contributed by atoms with Crippen molar-refractivity contribution in [3.63, 3.8) is 0 Å². The molecule has 0 radical (unpaired) electrons. The van der Waals surface area contributed by atoms with E-state index in [1.54, 1.807) is 6.07 Å². The average Bonchev–Trinajstić information content (AvgIpc) is 2.95. The molecule has 5 rings (SSSR count). The van der Waals surface area contributed by atoms with Crippen molar-refractivity contribution < 1.29 is 9.90 Å². The molecule has 1 heterocycles. The third-order valence-electron chi connectivity index (χ3n) is 7.63. The molecule has 40 heavy (non-hydrogen) atoms. The molecule has 1 aliphatic heterocycles. The summed E-state index contributed by atoms with van der Waals surface area (Å²) in [6.45, 7) is 2.61. The summed E-state index contributed by atoms with van der Waals surface area (Å²) >= 11 is 0. The number of anilines is 1. The van der Waals surface area contributed by atoms with Gasteiger partial charge in [-0.2, -0.15) is 0 Å². The van der Waals surface area contributed by atoms with Gasteiger partial charge in [0.05, 0.1) is 12.1 Å². The van der Waals surface area contributed by atoms with Gasteiger partial charge < -0.3 is 26.9 Å². The molecule has 0 fully saturated rings. The summed E-state index contributed by atoms with van der Waals surface area (Å²) in [5.41, 5.74) is 15.7. The molecule has 4 aromatic rings. The minimum atomic E-state index is -0.781. The first-order valence-corrected chi connectivity index (χ1v) is 13.8. The molecule has 6 N–H and O–H groups in total. The van der Waals surface area contributed by atoms with Crippen LogP contribution in [0.1, 0.15) is 57.0 Å². The lowest BCUT2D eigenvalue weighted by Crippen LogP contribution is -2.45. The number of phenols is 1. The standard InChI is InChI=1S/C34H36N4O2/c1-22-14-28(39)19-27(21-35)29(22)20-31(36)34(40)38-32-12-13-37-33-26(16-24-10-6-3-7-11-24)17-25(18-30(32)33)15-23-8-4-2-5-9-23/h2-11,14,17-19,21,31-32,35,37,39H,12-13,15-16,20,36H2,1H3,(H,38,40)/t31-,32+/m0/s1. The van der Waals surface area contributed by atoms with Crippen molar-refractivity contribution in [2.24, 2.45) is 5.73 Å². The number of benzene rings is 4. The predicted molar refractivity (Wildman–Crippen MR) is 161 cm³/mol. The van der Waals surface area contributed by atoms with Crippen molar-refractivity contribution in [3.05, 3.63) is 129 Å². The zero-order chi connectivity index (χ0) is 28.1. The maximum absolute atomic E-state index is 13.4. The summed E-state index contributed by atoms with van der Waals surface area (Å²) in [4.78, 5) is 13.4. The van der Waals surface area contributed by atoms with E-state index in [4.69, 9.17) is 11.1 Å². The van der Waals surface area contributed by atoms with Crippen LogP contribution in [0.25, 0.3) is 0 Å². The molecule has 2 atom stereocenters. The second-order valence-electron chi connectivity index (χ2n) is 10.6. The fourth-order valence-electron chi connectivity index (χ4n) is 5.64. The van der Waals surface area contributed by atoms with E-state index in [1.807, 2.05) is 19.1 Å². The number of nitrogens with one attached hydrogen (secondary N) is 3. The number of hydrogen-bond acceptors (Lipinski definition) is 5. The Balaban J connectivity index is 1.42. The first-order chi connectivity index (χ1) is 19.4. The molecule has 1 amide bonds. The quantitative estimate of drug-likeness (QED) is 0.185. The van der Waals surface area contributed by atoms with Gasteiger partial charge in [-0.15, -0.1) is 0 Å². The Labute approximate surface area is 235 Å². The van der Waals surface area contributed by atoms with Gasteiger partial charge in [0, 0.05) is 18.4 Å². The van der Waals surface area contributed by atoms with Crippen LogP contribution in [0.2, 0.25) is 0 Å². The number of carbonyl (C=O) groups excluding carboxylic acids is 1. The van der Waals surface area contributed by atoms with E-state index < -0.39 is 6.04 Å². The third kappa shape index (κ3) is 6.24. The van der Waals surface area contributed by atoms with Crippen molar-refractivity contribution in [3.8, 4) is 5.75 Å². The first kappa shape index (κ1) is 27.2. The SMILES string of the molecule is Cc1cc(O)cc(C=N)c1C[C@H](N)C(=O)N[C@@H]1CCNc2c(Cc3ccccc3)cc(Cc3ccccc3)cc21. The van der Waals surface area contributed by atoms with E-state index in [0.717, 1.165) is 48.2 Å². The van der Waals surface area contributed by atoms with Crippen LogP contribution >= 0.6 is 0 Å². The Hall–Kier alpha value is -4.42. The molecular weight excluding hydrogens is 496 g/mol. The van der Waals surface area contributed by atoms with Gasteiger partial charge in [0.25, 0.3) is 0 Å². The zero-order valence-electron chi connectivity index (χ0n) is 22.8. The van der Waals surface area contributed by atoms with Crippen LogP contribution in [0, 0.1) is 12.3 Å². The second-order valence-corrected chi connectivity index (χ2v) is 10.6. The van der Waals surface area contributed by atoms with Gasteiger partial charge in [-0.25, -0.2) is 0 Å². The summed E-state index contributed by atoms with van der Waals surface area (Å²) < 4.78 is 0. The minimum Gasteiger partial charge on any atom is -0.508 e. The van der Waals surface area contributed by atoms with Crippen LogP contribution < -0.4 is 16.4 Å². The van der Waals surface area contributed by atoms with Gasteiger partial charge in [-0.3, -0.25) is 4.79 Å². The molecule has 4 aromatic carbocycles. The summed E-state index contributed by atoms with van der Waals surface area (Å²) in [6, 6.07) is 27.6. The van der Waals surface area contributed by atoms with E-state index in [2.05, 4.69) is 71.3 Å². The third-order valence-corrected chi connectivity index (χ3v) is 7.63. The van der Waals surface area contributed by atoms with E-state index in [1.165, 1.54) is 34.5 Å². The lowest BCUT2D eigenvalue weighted by atomic mass is 9.88. The molecule has 0 spiro atoms. The van der Waals surface area contributed by atoms with Crippen molar-refractivity contribution in [2.45, 2.75) is 44.7 Å². The molecule has 0 saturated heterocycles. The number of aromatic hydroxyl groups is 1. The summed E-state index contributed by atoms with van der Waals surface area (Å²) in [5, 5.41) is 24.5. The maximum Gasteiger partial charge on any atom is 0.237 e. The predicted octanol–water partition coefficient (Wildman–Crippen LogP) is 5.42. The van der Waals surface area contributed by atoms with Gasteiger partial charge in [-0.1, -0.05) is 72.8 Å². The lowest BCUT2D eigenvalue weighted by Gasteiger charge is -2.31. The van der Waals surface area contributed by atoms with Gasteiger partial charge in [-0.05, 0) is 89.2 Å². The Morgan fingerprint density at radius 3 is 2.38 bits per heavy atom. The van der Waals surface area contributed by atoms with Crippen LogP contribution in [-0.2, 0) is 24.1 Å². The molecule has 0 aromatic heterocycles. The van der Waals surface area contributed by atoms with Crippen molar-refractivity contribution >= 4 is 17.8 Å². The van der Waals surface area contributed by atoms with Crippen LogP contribution in [-0.4, -0.2) is 29.8 Å². The highest BCUT2D eigenvalue weighted by molar-refractivity contribution is 5.85. The number of amides is 1. The zero-order valence-corrected chi connectivity index (χ0v) is 22.8. The molecule has 0 bridgehead atoms. The summed E-state index contributed by atoms with van der Waals surface area (Å²) in [5.74, 6) is -0.124. The summed E-state index contributed by atoms with van der Waals surface area (Å²) in [7, 11) is 0. The highest BCUT2D eigenvalue weighted by Gasteiger charge is 2.27. The van der Waals surface area contributed by atoms with Crippen LogP contribution in [0.15, 0.2) is 84.9 Å². The maximum atomic E-state index is 13.4. The molecule has 0 unspecified atom stereocenters. The number of fused-ring (bicyclic) bond motifs is 1. The van der Waals surface area contributed by atoms with Gasteiger partial charge in [0.1, 0.15) is 5.75 Å². The van der Waals surface area contributed by atoms with E-state index >= 15 is 0 Å². The van der Waals surface area contributed by atoms with Gasteiger partial charge in [0.2, 0.25) is 5.91 Å². The van der Waals surface area contributed by atoms with Crippen LogP contribution in [0.4, 0.5) is 5.69 Å². The van der Waals surface area contributed by atoms with E-state index in [-0.39, 0.29) is 24.1 Å². The number of nitrogens with two attached hydrogens (primary N) is 1. The molecular formula is C34H36N4O2. The number of carbonyl (C=O) groups is 1.